The Hall–Kier alpha value is -2.28. The van der Waals surface area contributed by atoms with E-state index in [0.29, 0.717) is 6.54 Å². The highest BCUT2D eigenvalue weighted by atomic mass is 35.5. The van der Waals surface area contributed by atoms with E-state index in [-0.39, 0.29) is 18.7 Å². The largest absolute Gasteiger partial charge is 0.454 e. The summed E-state index contributed by atoms with van der Waals surface area (Å²) in [5.74, 6) is 1.54. The van der Waals surface area contributed by atoms with Crippen LogP contribution in [0.3, 0.4) is 0 Å². The van der Waals surface area contributed by atoms with Gasteiger partial charge in [-0.15, -0.1) is 0 Å². The third-order valence-corrected chi connectivity index (χ3v) is 5.77. The van der Waals surface area contributed by atoms with Crippen LogP contribution >= 0.6 is 11.6 Å². The average molecular weight is 416 g/mol. The van der Waals surface area contributed by atoms with E-state index in [4.69, 9.17) is 21.1 Å². The minimum atomic E-state index is -0.155. The van der Waals surface area contributed by atoms with Crippen molar-refractivity contribution in [3.8, 4) is 11.5 Å². The molecular formula is C22H26ClN3O3. The molecule has 0 aromatic heterocycles. The lowest BCUT2D eigenvalue weighted by Gasteiger charge is -2.37. The minimum Gasteiger partial charge on any atom is -0.454 e. The van der Waals surface area contributed by atoms with E-state index in [9.17, 15) is 4.79 Å². The third-order valence-electron chi connectivity index (χ3n) is 5.53. The fourth-order valence-corrected chi connectivity index (χ4v) is 3.97. The van der Waals surface area contributed by atoms with Crippen molar-refractivity contribution >= 4 is 17.5 Å². The molecule has 1 atom stereocenters. The fraction of sp³-hybridized carbons (Fsp3) is 0.409. The second kappa shape index (κ2) is 9.03. The molecule has 0 spiro atoms. The Kier molecular flexibility index (Phi) is 6.23. The van der Waals surface area contributed by atoms with Gasteiger partial charge in [0.25, 0.3) is 0 Å². The number of hydrogen-bond donors (Lipinski definition) is 1. The maximum Gasteiger partial charge on any atom is 0.237 e. The van der Waals surface area contributed by atoms with Gasteiger partial charge in [-0.05, 0) is 42.3 Å². The minimum absolute atomic E-state index is 0.0472. The zero-order valence-corrected chi connectivity index (χ0v) is 17.3. The monoisotopic (exact) mass is 415 g/mol. The summed E-state index contributed by atoms with van der Waals surface area (Å²) in [6.07, 6.45) is 0. The van der Waals surface area contributed by atoms with Crippen LogP contribution in [0.2, 0.25) is 5.02 Å². The SMILES string of the molecule is C[C@H](C(=O)NCc1ccc2c(c1)OCO2)N1CCN(Cc2cccc(Cl)c2)CC1. The Morgan fingerprint density at radius 3 is 2.66 bits per heavy atom. The van der Waals surface area contributed by atoms with Crippen molar-refractivity contribution in [1.29, 1.82) is 0 Å². The van der Waals surface area contributed by atoms with Crippen molar-refractivity contribution < 1.29 is 14.3 Å². The molecule has 2 aromatic rings. The lowest BCUT2D eigenvalue weighted by atomic mass is 10.1. The van der Waals surface area contributed by atoms with E-state index in [1.54, 1.807) is 0 Å². The van der Waals surface area contributed by atoms with E-state index in [2.05, 4.69) is 21.2 Å². The van der Waals surface area contributed by atoms with Crippen molar-refractivity contribution in [1.82, 2.24) is 15.1 Å². The van der Waals surface area contributed by atoms with Crippen molar-refractivity contribution in [2.75, 3.05) is 33.0 Å². The molecule has 7 heteroatoms. The molecule has 0 bridgehead atoms. The molecule has 29 heavy (non-hydrogen) atoms. The molecule has 0 aliphatic carbocycles. The van der Waals surface area contributed by atoms with Crippen LogP contribution in [0.5, 0.6) is 11.5 Å². The molecule has 0 unspecified atom stereocenters. The predicted molar refractivity (Wildman–Crippen MR) is 112 cm³/mol. The number of nitrogens with one attached hydrogen (secondary N) is 1. The van der Waals surface area contributed by atoms with Crippen LogP contribution in [0.15, 0.2) is 42.5 Å². The van der Waals surface area contributed by atoms with Gasteiger partial charge >= 0.3 is 0 Å². The van der Waals surface area contributed by atoms with E-state index in [0.717, 1.165) is 54.8 Å². The van der Waals surface area contributed by atoms with Gasteiger partial charge in [0.15, 0.2) is 11.5 Å². The molecule has 6 nitrogen and oxygen atoms in total. The fourth-order valence-electron chi connectivity index (χ4n) is 3.76. The van der Waals surface area contributed by atoms with Crippen LogP contribution < -0.4 is 14.8 Å². The first-order chi connectivity index (χ1) is 14.1. The predicted octanol–water partition coefficient (Wildman–Crippen LogP) is 2.89. The highest BCUT2D eigenvalue weighted by molar-refractivity contribution is 6.30. The molecule has 1 N–H and O–H groups in total. The number of carbonyl (C=O) groups is 1. The number of rotatable bonds is 6. The lowest BCUT2D eigenvalue weighted by molar-refractivity contribution is -0.126. The number of amides is 1. The second-order valence-electron chi connectivity index (χ2n) is 7.52. The first-order valence-corrected chi connectivity index (χ1v) is 10.3. The van der Waals surface area contributed by atoms with Gasteiger partial charge < -0.3 is 14.8 Å². The van der Waals surface area contributed by atoms with Crippen molar-refractivity contribution in [3.63, 3.8) is 0 Å². The van der Waals surface area contributed by atoms with E-state index in [1.165, 1.54) is 5.56 Å². The number of ether oxygens (including phenoxy) is 2. The summed E-state index contributed by atoms with van der Waals surface area (Å²) in [6, 6.07) is 13.6. The van der Waals surface area contributed by atoms with Gasteiger partial charge in [-0.25, -0.2) is 0 Å². The Labute approximate surface area is 176 Å². The molecule has 2 aliphatic rings. The van der Waals surface area contributed by atoms with Gasteiger partial charge in [-0.3, -0.25) is 14.6 Å². The molecule has 0 saturated carbocycles. The summed E-state index contributed by atoms with van der Waals surface area (Å²) in [5, 5.41) is 3.81. The topological polar surface area (TPSA) is 54.0 Å². The van der Waals surface area contributed by atoms with Crippen LogP contribution in [0.1, 0.15) is 18.1 Å². The van der Waals surface area contributed by atoms with Gasteiger partial charge in [-0.2, -0.15) is 0 Å². The first kappa shape index (κ1) is 20.0. The molecule has 4 rings (SSSR count). The summed E-state index contributed by atoms with van der Waals surface area (Å²) >= 11 is 6.08. The van der Waals surface area contributed by atoms with Gasteiger partial charge in [0.05, 0.1) is 6.04 Å². The summed E-state index contributed by atoms with van der Waals surface area (Å²) in [4.78, 5) is 17.3. The Balaban J connectivity index is 1.23. The molecule has 2 aromatic carbocycles. The van der Waals surface area contributed by atoms with Crippen molar-refractivity contribution in [2.24, 2.45) is 0 Å². The molecule has 0 radical (unpaired) electrons. The molecule has 1 amide bonds. The van der Waals surface area contributed by atoms with Crippen LogP contribution in [0.25, 0.3) is 0 Å². The number of hydrogen-bond acceptors (Lipinski definition) is 5. The van der Waals surface area contributed by atoms with Gasteiger partial charge in [-0.1, -0.05) is 29.8 Å². The molecule has 2 heterocycles. The van der Waals surface area contributed by atoms with Crippen LogP contribution in [0, 0.1) is 0 Å². The molecule has 1 fully saturated rings. The average Bonchev–Trinajstić information content (AvgIpc) is 3.20. The number of fused-ring (bicyclic) bond motifs is 1. The van der Waals surface area contributed by atoms with Crippen LogP contribution in [-0.4, -0.2) is 54.7 Å². The van der Waals surface area contributed by atoms with Gasteiger partial charge in [0, 0.05) is 44.3 Å². The van der Waals surface area contributed by atoms with Crippen molar-refractivity contribution in [2.45, 2.75) is 26.1 Å². The van der Waals surface area contributed by atoms with E-state index >= 15 is 0 Å². The summed E-state index contributed by atoms with van der Waals surface area (Å²) in [6.45, 7) is 7.22. The van der Waals surface area contributed by atoms with Crippen LogP contribution in [-0.2, 0) is 17.9 Å². The zero-order chi connectivity index (χ0) is 20.2. The maximum absolute atomic E-state index is 12.6. The quantitative estimate of drug-likeness (QED) is 0.786. The second-order valence-corrected chi connectivity index (χ2v) is 7.96. The van der Waals surface area contributed by atoms with Gasteiger partial charge in [0.2, 0.25) is 12.7 Å². The number of carbonyl (C=O) groups excluding carboxylic acids is 1. The van der Waals surface area contributed by atoms with E-state index < -0.39 is 0 Å². The Morgan fingerprint density at radius 2 is 1.86 bits per heavy atom. The molecule has 1 saturated heterocycles. The maximum atomic E-state index is 12.6. The number of nitrogens with zero attached hydrogens (tertiary/aromatic N) is 2. The van der Waals surface area contributed by atoms with Crippen molar-refractivity contribution in [3.05, 3.63) is 58.6 Å². The Morgan fingerprint density at radius 1 is 1.07 bits per heavy atom. The zero-order valence-electron chi connectivity index (χ0n) is 16.6. The summed E-state index contributed by atoms with van der Waals surface area (Å²) in [5.41, 5.74) is 2.22. The number of piperazine rings is 1. The molecule has 2 aliphatic heterocycles. The lowest BCUT2D eigenvalue weighted by Crippen LogP contribution is -2.53. The van der Waals surface area contributed by atoms with Gasteiger partial charge in [0.1, 0.15) is 0 Å². The highest BCUT2D eigenvalue weighted by Crippen LogP contribution is 2.32. The molecular weight excluding hydrogens is 390 g/mol. The Bertz CT molecular complexity index is 868. The third kappa shape index (κ3) is 5.01. The normalized spacial score (nSPS) is 17.9. The number of halogens is 1. The highest BCUT2D eigenvalue weighted by Gasteiger charge is 2.25. The van der Waals surface area contributed by atoms with Crippen LogP contribution in [0.4, 0.5) is 0 Å². The number of benzene rings is 2. The van der Waals surface area contributed by atoms with E-state index in [1.807, 2.05) is 43.3 Å². The summed E-state index contributed by atoms with van der Waals surface area (Å²) in [7, 11) is 0. The first-order valence-electron chi connectivity index (χ1n) is 9.95. The smallest absolute Gasteiger partial charge is 0.237 e. The molecule has 154 valence electrons. The standard InChI is InChI=1S/C22H26ClN3O3/c1-16(22(27)24-13-17-5-6-20-21(12-17)29-15-28-20)26-9-7-25(8-10-26)14-18-3-2-4-19(23)11-18/h2-6,11-12,16H,7-10,13-15H2,1H3,(H,24,27)/t16-/m1/s1. The summed E-state index contributed by atoms with van der Waals surface area (Å²) < 4.78 is 10.7.